The molecule has 7 heteroatoms. The van der Waals surface area contributed by atoms with Crippen molar-refractivity contribution in [3.05, 3.63) is 75.7 Å². The van der Waals surface area contributed by atoms with Crippen molar-refractivity contribution in [1.82, 2.24) is 0 Å². The van der Waals surface area contributed by atoms with E-state index in [4.69, 9.17) is 0 Å². The largest absolute Gasteiger partial charge is 0.105 e. The van der Waals surface area contributed by atoms with Gasteiger partial charge in [0.15, 0.2) is 0 Å². The molecule has 0 aromatic heterocycles. The van der Waals surface area contributed by atoms with E-state index in [1.54, 1.807) is 82.3 Å². The summed E-state index contributed by atoms with van der Waals surface area (Å²) < 4.78 is 0. The van der Waals surface area contributed by atoms with Gasteiger partial charge in [-0.2, -0.15) is 0 Å². The van der Waals surface area contributed by atoms with Gasteiger partial charge in [-0.05, 0) is 75.7 Å². The van der Waals surface area contributed by atoms with Crippen molar-refractivity contribution < 1.29 is 0 Å². The standard InChI is InChI=1S/C14H14S7/c1-2-16-5-6-18-9-10-20-13-14-21-12-11-19-8-7-17-4-3-15-1/h1-14H/b2-1-,4-3-,6-5-,8-7-,10-9-,12-11-,14-13-. The van der Waals surface area contributed by atoms with E-state index in [0.29, 0.717) is 0 Å². The zero-order valence-corrected chi connectivity index (χ0v) is 16.7. The Bertz CT molecular complexity index is 298. The first-order chi connectivity index (χ1) is 10.5. The van der Waals surface area contributed by atoms with Crippen LogP contribution in [-0.2, 0) is 0 Å². The first kappa shape index (κ1) is 19.7. The molecule has 21 heavy (non-hydrogen) atoms. The lowest BCUT2D eigenvalue weighted by Crippen LogP contribution is -1.47. The summed E-state index contributed by atoms with van der Waals surface area (Å²) in [7, 11) is 0. The normalized spacial score (nSPS) is 29.3. The van der Waals surface area contributed by atoms with Crippen LogP contribution in [0.2, 0.25) is 0 Å². The predicted molar refractivity (Wildman–Crippen MR) is 117 cm³/mol. The lowest BCUT2D eigenvalue weighted by atomic mass is 11.2. The van der Waals surface area contributed by atoms with E-state index in [1.165, 1.54) is 0 Å². The zero-order valence-electron chi connectivity index (χ0n) is 10.9. The average Bonchev–Trinajstić information content (AvgIpc) is 2.50. The Balaban J connectivity index is 2.41. The highest BCUT2D eigenvalue weighted by Gasteiger charge is 1.78. The lowest BCUT2D eigenvalue weighted by molar-refractivity contribution is 2.43. The minimum absolute atomic E-state index is 1.68. The van der Waals surface area contributed by atoms with Crippen LogP contribution in [0.4, 0.5) is 0 Å². The lowest BCUT2D eigenvalue weighted by Gasteiger charge is -1.84. The van der Waals surface area contributed by atoms with Gasteiger partial charge in [0.2, 0.25) is 0 Å². The van der Waals surface area contributed by atoms with Gasteiger partial charge in [-0.25, -0.2) is 0 Å². The molecule has 0 N–H and O–H groups in total. The summed E-state index contributed by atoms with van der Waals surface area (Å²) >= 11 is 11.7. The summed E-state index contributed by atoms with van der Waals surface area (Å²) in [5, 5.41) is 29.1. The molecule has 0 saturated carbocycles. The molecule has 0 aromatic carbocycles. The molecule has 0 saturated heterocycles. The Hall–Kier alpha value is 0.630. The van der Waals surface area contributed by atoms with Gasteiger partial charge in [-0.3, -0.25) is 0 Å². The van der Waals surface area contributed by atoms with Gasteiger partial charge < -0.3 is 0 Å². The second kappa shape index (κ2) is 17.0. The van der Waals surface area contributed by atoms with Crippen LogP contribution in [-0.4, -0.2) is 0 Å². The van der Waals surface area contributed by atoms with Gasteiger partial charge in [-0.15, -0.1) is 82.3 Å². The third kappa shape index (κ3) is 15.3. The highest BCUT2D eigenvalue weighted by Crippen LogP contribution is 2.19. The number of thioether (sulfide) groups is 7. The van der Waals surface area contributed by atoms with E-state index in [9.17, 15) is 0 Å². The van der Waals surface area contributed by atoms with Crippen LogP contribution in [0.1, 0.15) is 0 Å². The molecule has 0 aliphatic carbocycles. The summed E-state index contributed by atoms with van der Waals surface area (Å²) in [4.78, 5) is 0. The summed E-state index contributed by atoms with van der Waals surface area (Å²) in [6.45, 7) is 0. The van der Waals surface area contributed by atoms with Crippen LogP contribution in [0, 0.1) is 0 Å². The minimum atomic E-state index is 1.68. The predicted octanol–water partition coefficient (Wildman–Crippen LogP) is 8.43. The summed E-state index contributed by atoms with van der Waals surface area (Å²) in [5.74, 6) is 0. The van der Waals surface area contributed by atoms with Crippen molar-refractivity contribution in [3.63, 3.8) is 0 Å². The van der Waals surface area contributed by atoms with Crippen molar-refractivity contribution in [2.75, 3.05) is 0 Å². The van der Waals surface area contributed by atoms with Crippen molar-refractivity contribution >= 4 is 82.3 Å². The quantitative estimate of drug-likeness (QED) is 0.390. The minimum Gasteiger partial charge on any atom is -0.105 e. The molecule has 0 fully saturated rings. The molecular weight excluding hydrogens is 393 g/mol. The smallest absolute Gasteiger partial charge is 0.0181 e. The van der Waals surface area contributed by atoms with E-state index in [2.05, 4.69) is 75.7 Å². The first-order valence-corrected chi connectivity index (χ1v) is 12.2. The zero-order chi connectivity index (χ0) is 14.8. The number of rotatable bonds is 0. The van der Waals surface area contributed by atoms with Gasteiger partial charge in [0.1, 0.15) is 0 Å². The van der Waals surface area contributed by atoms with Crippen molar-refractivity contribution in [2.45, 2.75) is 0 Å². The number of hydrogen-bond donors (Lipinski definition) is 0. The van der Waals surface area contributed by atoms with Crippen LogP contribution < -0.4 is 0 Å². The van der Waals surface area contributed by atoms with E-state index < -0.39 is 0 Å². The Morgan fingerprint density at radius 2 is 0.286 bits per heavy atom. The molecule has 0 atom stereocenters. The van der Waals surface area contributed by atoms with E-state index in [0.717, 1.165) is 0 Å². The third-order valence-electron chi connectivity index (χ3n) is 1.49. The third-order valence-corrected chi connectivity index (χ3v) is 6.80. The van der Waals surface area contributed by atoms with Gasteiger partial charge in [0.05, 0.1) is 0 Å². The Morgan fingerprint density at radius 1 is 0.190 bits per heavy atom. The average molecular weight is 407 g/mol. The molecule has 1 heterocycles. The monoisotopic (exact) mass is 406 g/mol. The van der Waals surface area contributed by atoms with Gasteiger partial charge in [0.25, 0.3) is 0 Å². The molecule has 0 spiro atoms. The highest BCUT2D eigenvalue weighted by molar-refractivity contribution is 8.12. The second-order valence-electron chi connectivity index (χ2n) is 2.86. The molecule has 0 nitrogen and oxygen atoms in total. The molecule has 1 aliphatic heterocycles. The van der Waals surface area contributed by atoms with Crippen LogP contribution >= 0.6 is 82.3 Å². The van der Waals surface area contributed by atoms with Crippen LogP contribution in [0.5, 0.6) is 0 Å². The maximum Gasteiger partial charge on any atom is -0.0181 e. The molecular formula is C14H14S7. The Kier molecular flexibility index (Phi) is 15.9. The van der Waals surface area contributed by atoms with Crippen molar-refractivity contribution in [2.24, 2.45) is 0 Å². The fourth-order valence-corrected chi connectivity index (χ4v) is 4.99. The first-order valence-electron chi connectivity index (χ1n) is 5.63. The molecule has 0 unspecified atom stereocenters. The van der Waals surface area contributed by atoms with Crippen molar-refractivity contribution in [1.29, 1.82) is 0 Å². The topological polar surface area (TPSA) is 0 Å². The summed E-state index contributed by atoms with van der Waals surface area (Å²) in [5.41, 5.74) is 0. The number of hydrogen-bond acceptors (Lipinski definition) is 7. The molecule has 112 valence electrons. The SMILES string of the molecule is C1=C\S/C=C\S/C=C\S/C=C\S/C=C\S/C=C\S/C=C\S/1. The van der Waals surface area contributed by atoms with Crippen LogP contribution in [0.15, 0.2) is 75.7 Å². The Morgan fingerprint density at radius 3 is 0.381 bits per heavy atom. The molecule has 1 rings (SSSR count). The van der Waals surface area contributed by atoms with Crippen LogP contribution in [0.25, 0.3) is 0 Å². The van der Waals surface area contributed by atoms with E-state index >= 15 is 0 Å². The fraction of sp³-hybridized carbons (Fsp3) is 0. The van der Waals surface area contributed by atoms with Crippen molar-refractivity contribution in [3.8, 4) is 0 Å². The Labute approximate surface area is 157 Å². The maximum absolute atomic E-state index is 2.08. The fourth-order valence-electron chi connectivity index (χ4n) is 0.767. The molecule has 0 amide bonds. The van der Waals surface area contributed by atoms with Gasteiger partial charge >= 0.3 is 0 Å². The van der Waals surface area contributed by atoms with Crippen LogP contribution in [0.3, 0.4) is 0 Å². The molecule has 1 aliphatic rings. The van der Waals surface area contributed by atoms with E-state index in [1.807, 2.05) is 0 Å². The van der Waals surface area contributed by atoms with Gasteiger partial charge in [0, 0.05) is 0 Å². The summed E-state index contributed by atoms with van der Waals surface area (Å²) in [6.07, 6.45) is 0. The van der Waals surface area contributed by atoms with Gasteiger partial charge in [-0.1, -0.05) is 0 Å². The molecule has 0 bridgehead atoms. The highest BCUT2D eigenvalue weighted by atomic mass is 32.2. The second-order valence-corrected chi connectivity index (χ2v) is 8.57. The van der Waals surface area contributed by atoms with E-state index in [-0.39, 0.29) is 0 Å². The molecule has 0 radical (unpaired) electrons. The maximum atomic E-state index is 2.08. The summed E-state index contributed by atoms with van der Waals surface area (Å²) in [6, 6.07) is 0. The molecule has 0 aromatic rings.